The monoisotopic (exact) mass is 359 g/mol. The van der Waals surface area contributed by atoms with Crippen molar-refractivity contribution in [1.29, 1.82) is 0 Å². The van der Waals surface area contributed by atoms with E-state index in [9.17, 15) is 14.0 Å². The van der Waals surface area contributed by atoms with Crippen LogP contribution in [-0.2, 0) is 11.3 Å². The third-order valence-corrected chi connectivity index (χ3v) is 3.35. The molecule has 1 heterocycles. The summed E-state index contributed by atoms with van der Waals surface area (Å²) in [6.45, 7) is 0.0561. The van der Waals surface area contributed by atoms with Crippen molar-refractivity contribution in [2.24, 2.45) is 0 Å². The maximum Gasteiger partial charge on any atom is 0.444 e. The molecule has 1 N–H and O–H groups in total. The van der Waals surface area contributed by atoms with E-state index in [0.717, 1.165) is 16.3 Å². The van der Waals surface area contributed by atoms with Crippen LogP contribution in [-0.4, -0.2) is 23.0 Å². The molecule has 8 nitrogen and oxygen atoms in total. The third kappa shape index (κ3) is 3.89. The molecule has 3 aromatic rings. The Bertz CT molecular complexity index is 968. The lowest BCUT2D eigenvalue weighted by Gasteiger charge is -2.08. The average Bonchev–Trinajstić information content (AvgIpc) is 3.03. The third-order valence-electron chi connectivity index (χ3n) is 3.35. The van der Waals surface area contributed by atoms with Crippen molar-refractivity contribution in [3.05, 3.63) is 70.5 Å². The number of hydrogen-bond donors (Lipinski definition) is 1. The number of carbonyl (C=O) groups excluding carboxylic acids is 1. The Morgan fingerprint density at radius 3 is 2.69 bits per heavy atom. The zero-order valence-electron chi connectivity index (χ0n) is 13.6. The standard InChI is InChI=1S/C17H14FN3O5/c1-24-16-20-21(17(23)26-16)12-7-8-14(13(18)9-12)19-15(22)25-10-11-5-3-2-4-6-11/h2-9H,10H2,1H3,(H,19,22). The molecule has 2 aromatic carbocycles. The summed E-state index contributed by atoms with van der Waals surface area (Å²) in [5.74, 6) is -1.60. The average molecular weight is 359 g/mol. The van der Waals surface area contributed by atoms with Gasteiger partial charge in [0.25, 0.3) is 0 Å². The summed E-state index contributed by atoms with van der Waals surface area (Å²) >= 11 is 0. The highest BCUT2D eigenvalue weighted by Crippen LogP contribution is 2.18. The minimum Gasteiger partial charge on any atom is -0.452 e. The van der Waals surface area contributed by atoms with E-state index in [2.05, 4.69) is 14.8 Å². The number of methoxy groups -OCH3 is 1. The molecule has 3 rings (SSSR count). The van der Waals surface area contributed by atoms with Crippen molar-refractivity contribution < 1.29 is 23.1 Å². The summed E-state index contributed by atoms with van der Waals surface area (Å²) in [5, 5.41) is 6.03. The summed E-state index contributed by atoms with van der Waals surface area (Å²) in [4.78, 5) is 23.4. The molecule has 0 saturated heterocycles. The van der Waals surface area contributed by atoms with Crippen molar-refractivity contribution in [3.63, 3.8) is 0 Å². The first-order valence-corrected chi connectivity index (χ1v) is 7.48. The summed E-state index contributed by atoms with van der Waals surface area (Å²) in [5.41, 5.74) is 0.816. The molecule has 0 bridgehead atoms. The van der Waals surface area contributed by atoms with Gasteiger partial charge in [-0.1, -0.05) is 35.4 Å². The number of nitrogens with one attached hydrogen (secondary N) is 1. The van der Waals surface area contributed by atoms with Gasteiger partial charge in [-0.15, -0.1) is 0 Å². The van der Waals surface area contributed by atoms with Gasteiger partial charge >= 0.3 is 17.9 Å². The van der Waals surface area contributed by atoms with Gasteiger partial charge in [0.2, 0.25) is 0 Å². The second kappa shape index (κ2) is 7.51. The second-order valence-electron chi connectivity index (χ2n) is 5.10. The largest absolute Gasteiger partial charge is 0.452 e. The van der Waals surface area contributed by atoms with Gasteiger partial charge in [-0.05, 0) is 17.7 Å². The van der Waals surface area contributed by atoms with Crippen molar-refractivity contribution >= 4 is 11.8 Å². The zero-order valence-corrected chi connectivity index (χ0v) is 13.6. The number of hydrogen-bond acceptors (Lipinski definition) is 6. The van der Waals surface area contributed by atoms with Crippen LogP contribution in [0, 0.1) is 5.82 Å². The lowest BCUT2D eigenvalue weighted by molar-refractivity contribution is 0.155. The minimum absolute atomic E-state index is 0.0561. The first-order chi connectivity index (χ1) is 12.6. The van der Waals surface area contributed by atoms with Crippen LogP contribution in [0.15, 0.2) is 57.7 Å². The molecule has 1 amide bonds. The molecule has 0 radical (unpaired) electrons. The predicted molar refractivity (Wildman–Crippen MR) is 88.9 cm³/mol. The highest BCUT2D eigenvalue weighted by Gasteiger charge is 2.14. The number of amides is 1. The summed E-state index contributed by atoms with van der Waals surface area (Å²) in [6.07, 6.45) is -1.05. The number of nitrogens with zero attached hydrogens (tertiary/aromatic N) is 2. The quantitative estimate of drug-likeness (QED) is 0.753. The van der Waals surface area contributed by atoms with Crippen molar-refractivity contribution in [2.75, 3.05) is 12.4 Å². The highest BCUT2D eigenvalue weighted by atomic mass is 19.1. The molecule has 9 heteroatoms. The molecule has 0 aliphatic carbocycles. The number of anilines is 1. The minimum atomic E-state index is -0.829. The van der Waals surface area contributed by atoms with Crippen molar-refractivity contribution in [2.45, 2.75) is 6.61 Å². The van der Waals surface area contributed by atoms with Crippen LogP contribution in [0.3, 0.4) is 0 Å². The van der Waals surface area contributed by atoms with Crippen molar-refractivity contribution in [3.8, 4) is 11.8 Å². The van der Waals surface area contributed by atoms with E-state index in [-0.39, 0.29) is 24.1 Å². The molecule has 0 aliphatic heterocycles. The smallest absolute Gasteiger partial charge is 0.444 e. The number of carbonyl (C=O) groups is 1. The van der Waals surface area contributed by atoms with Gasteiger partial charge in [0, 0.05) is 6.07 Å². The Labute approximate surface area is 146 Å². The van der Waals surface area contributed by atoms with Gasteiger partial charge < -0.3 is 13.9 Å². The normalized spacial score (nSPS) is 10.4. The van der Waals surface area contributed by atoms with Gasteiger partial charge in [-0.3, -0.25) is 5.32 Å². The van der Waals surface area contributed by atoms with E-state index < -0.39 is 17.7 Å². The summed E-state index contributed by atoms with van der Waals surface area (Å²) in [7, 11) is 1.28. The molecule has 1 aromatic heterocycles. The van der Waals surface area contributed by atoms with E-state index in [1.54, 1.807) is 12.1 Å². The number of rotatable bonds is 5. The maximum atomic E-state index is 14.2. The Kier molecular flexibility index (Phi) is 4.97. The predicted octanol–water partition coefficient (Wildman–Crippen LogP) is 2.72. The molecule has 0 spiro atoms. The van der Waals surface area contributed by atoms with Crippen LogP contribution < -0.4 is 15.8 Å². The molecule has 0 saturated carbocycles. The van der Waals surface area contributed by atoms with Crippen LogP contribution in [0.4, 0.5) is 14.9 Å². The van der Waals surface area contributed by atoms with Crippen LogP contribution >= 0.6 is 0 Å². The fourth-order valence-electron chi connectivity index (χ4n) is 2.11. The molecular formula is C17H14FN3O5. The van der Waals surface area contributed by atoms with Gasteiger partial charge in [-0.25, -0.2) is 14.0 Å². The molecule has 0 unspecified atom stereocenters. The van der Waals surface area contributed by atoms with E-state index in [4.69, 9.17) is 9.47 Å². The van der Waals surface area contributed by atoms with E-state index in [1.165, 1.54) is 19.2 Å². The van der Waals surface area contributed by atoms with E-state index in [0.29, 0.717) is 0 Å². The van der Waals surface area contributed by atoms with Crippen LogP contribution in [0.5, 0.6) is 6.08 Å². The Morgan fingerprint density at radius 2 is 2.04 bits per heavy atom. The van der Waals surface area contributed by atoms with Crippen LogP contribution in [0.25, 0.3) is 5.69 Å². The van der Waals surface area contributed by atoms with E-state index >= 15 is 0 Å². The molecule has 0 atom stereocenters. The molecular weight excluding hydrogens is 345 g/mol. The fraction of sp³-hybridized carbons (Fsp3) is 0.118. The van der Waals surface area contributed by atoms with Crippen molar-refractivity contribution in [1.82, 2.24) is 9.78 Å². The lowest BCUT2D eigenvalue weighted by atomic mass is 10.2. The molecule has 0 aliphatic rings. The van der Waals surface area contributed by atoms with Gasteiger partial charge in [-0.2, -0.15) is 4.68 Å². The first-order valence-electron chi connectivity index (χ1n) is 7.48. The molecule has 0 fully saturated rings. The van der Waals surface area contributed by atoms with Gasteiger partial charge in [0.05, 0.1) is 18.5 Å². The number of halogens is 1. The molecule has 134 valence electrons. The Morgan fingerprint density at radius 1 is 1.27 bits per heavy atom. The summed E-state index contributed by atoms with van der Waals surface area (Å²) < 4.78 is 29.5. The summed E-state index contributed by atoms with van der Waals surface area (Å²) in [6, 6.07) is 12.8. The topological polar surface area (TPSA) is 95.6 Å². The zero-order chi connectivity index (χ0) is 18.5. The number of aromatic nitrogens is 2. The van der Waals surface area contributed by atoms with Gasteiger partial charge in [0.15, 0.2) is 0 Å². The van der Waals surface area contributed by atoms with E-state index in [1.807, 2.05) is 18.2 Å². The van der Waals surface area contributed by atoms with Crippen LogP contribution in [0.2, 0.25) is 0 Å². The Hall–Kier alpha value is -3.62. The first kappa shape index (κ1) is 17.2. The molecule has 26 heavy (non-hydrogen) atoms. The maximum absolute atomic E-state index is 14.2. The Balaban J connectivity index is 1.68. The highest BCUT2D eigenvalue weighted by molar-refractivity contribution is 5.84. The SMILES string of the molecule is COc1nn(-c2ccc(NC(=O)OCc3ccccc3)c(F)c2)c(=O)o1. The number of ether oxygens (including phenoxy) is 2. The van der Waals surface area contributed by atoms with Gasteiger partial charge in [0.1, 0.15) is 12.4 Å². The second-order valence-corrected chi connectivity index (χ2v) is 5.10. The fourth-order valence-corrected chi connectivity index (χ4v) is 2.11. The lowest BCUT2D eigenvalue weighted by Crippen LogP contribution is -2.16. The number of benzene rings is 2. The van der Waals surface area contributed by atoms with Crippen LogP contribution in [0.1, 0.15) is 5.56 Å².